The summed E-state index contributed by atoms with van der Waals surface area (Å²) < 4.78 is 35.4. The Morgan fingerprint density at radius 3 is 2.69 bits per heavy atom. The molecule has 0 atom stereocenters. The molecule has 0 fully saturated rings. The van der Waals surface area contributed by atoms with E-state index in [9.17, 15) is 18.0 Å². The number of benzene rings is 1. The number of nitrogens with zero attached hydrogens (tertiary/aromatic N) is 4. The van der Waals surface area contributed by atoms with Crippen molar-refractivity contribution < 1.29 is 47.5 Å². The Kier molecular flexibility index (Phi) is 8.37. The smallest absolute Gasteiger partial charge is 0.481 e. The van der Waals surface area contributed by atoms with Gasteiger partial charge in [-0.25, -0.2) is 23.2 Å². The van der Waals surface area contributed by atoms with E-state index in [1.165, 1.54) is 11.7 Å². The number of hydrogen-bond acceptors (Lipinski definition) is 7. The van der Waals surface area contributed by atoms with E-state index in [0.29, 0.717) is 17.1 Å². The van der Waals surface area contributed by atoms with Crippen LogP contribution in [-0.4, -0.2) is 36.1 Å². The number of urea groups is 1. The fraction of sp³-hybridized carbons (Fsp3) is 0.304. The number of anilines is 1. The van der Waals surface area contributed by atoms with Crippen LogP contribution in [0.4, 0.5) is 10.5 Å². The summed E-state index contributed by atoms with van der Waals surface area (Å²) in [6.07, 6.45) is 6.19. The molecule has 2 amide bonds. The van der Waals surface area contributed by atoms with Crippen LogP contribution in [0.5, 0.6) is 5.88 Å². The van der Waals surface area contributed by atoms with Gasteiger partial charge >= 0.3 is 35.2 Å². The average molecular weight is 506 g/mol. The van der Waals surface area contributed by atoms with Gasteiger partial charge < -0.3 is 14.8 Å². The Labute approximate surface area is 225 Å². The first-order valence-corrected chi connectivity index (χ1v) is 12.2. The third kappa shape index (κ3) is 5.75. The van der Waals surface area contributed by atoms with Crippen molar-refractivity contribution >= 4 is 21.7 Å². The third-order valence-electron chi connectivity index (χ3n) is 5.62. The van der Waals surface area contributed by atoms with Gasteiger partial charge in [-0.05, 0) is 67.1 Å². The van der Waals surface area contributed by atoms with Crippen LogP contribution in [0, 0.1) is 0 Å². The van der Waals surface area contributed by atoms with Crippen molar-refractivity contribution in [3.8, 4) is 17.0 Å². The first-order valence-electron chi connectivity index (χ1n) is 10.7. The van der Waals surface area contributed by atoms with Gasteiger partial charge in [0, 0.05) is 24.5 Å². The number of nitrogens with one attached hydrogen (secondary N) is 1. The number of carbonyl (C=O) groups excluding carboxylic acids is 1. The van der Waals surface area contributed by atoms with Gasteiger partial charge in [-0.1, -0.05) is 12.1 Å². The molecule has 178 valence electrons. The number of aryl methyl sites for hydroxylation is 1. The average Bonchev–Trinajstić information content (AvgIpc) is 3.28. The predicted molar refractivity (Wildman–Crippen MR) is 127 cm³/mol. The molecule has 0 saturated carbocycles. The minimum absolute atomic E-state index is 0. The van der Waals surface area contributed by atoms with Crippen LogP contribution in [0.15, 0.2) is 52.5 Å². The van der Waals surface area contributed by atoms with E-state index in [-0.39, 0.29) is 40.5 Å². The van der Waals surface area contributed by atoms with E-state index in [4.69, 9.17) is 4.74 Å². The molecule has 3 aromatic rings. The molecule has 1 aliphatic rings. The fourth-order valence-electron chi connectivity index (χ4n) is 3.94. The molecule has 0 unspecified atom stereocenters. The molecule has 2 aromatic heterocycles. The van der Waals surface area contributed by atoms with Crippen LogP contribution in [-0.2, 0) is 22.9 Å². The van der Waals surface area contributed by atoms with Gasteiger partial charge in [0.05, 0.1) is 13.3 Å². The topological polar surface area (TPSA) is 134 Å². The standard InChI is InChI=1S/C23H25N5O5S.Na/c1-14(2)28-13-17(12-25-23(28)30)34(31,32)27-22(29)26-21-18-6-4-5-15(18)7-8-19(21)16-9-10-24-20(11-16)33-3;/h7-14H,4-6H2,1-3H3,(H2,24,26,27,29);/q;+1/p-1. The number of carbonyl (C=O) groups is 1. The number of pyridine rings is 1. The second-order valence-electron chi connectivity index (χ2n) is 8.14. The van der Waals surface area contributed by atoms with Crippen LogP contribution in [0.2, 0.25) is 0 Å². The molecule has 1 aromatic carbocycles. The molecule has 0 bridgehead atoms. The van der Waals surface area contributed by atoms with E-state index in [2.05, 4.69) is 20.0 Å². The zero-order valence-corrected chi connectivity index (χ0v) is 22.8. The number of amides is 2. The van der Waals surface area contributed by atoms with Gasteiger partial charge in [0.25, 0.3) is 0 Å². The Hall–Kier alpha value is -2.73. The van der Waals surface area contributed by atoms with Gasteiger partial charge in [0.15, 0.2) is 6.03 Å². The van der Waals surface area contributed by atoms with Crippen molar-refractivity contribution in [2.24, 2.45) is 0 Å². The maximum absolute atomic E-state index is 12.8. The molecular weight excluding hydrogens is 481 g/mol. The number of rotatable bonds is 6. The molecule has 0 spiro atoms. The molecule has 0 saturated heterocycles. The quantitative estimate of drug-likeness (QED) is 0.487. The zero-order chi connectivity index (χ0) is 24.5. The van der Waals surface area contributed by atoms with Crippen LogP contribution >= 0.6 is 0 Å². The number of aromatic nitrogens is 3. The summed E-state index contributed by atoms with van der Waals surface area (Å²) in [5.41, 5.74) is 3.43. The number of methoxy groups -OCH3 is 1. The van der Waals surface area contributed by atoms with Gasteiger partial charge in [-0.15, -0.1) is 0 Å². The maximum atomic E-state index is 12.8. The van der Waals surface area contributed by atoms with Crippen LogP contribution in [0.1, 0.15) is 37.4 Å². The van der Waals surface area contributed by atoms with E-state index in [1.54, 1.807) is 32.2 Å². The molecule has 1 aliphatic carbocycles. The van der Waals surface area contributed by atoms with E-state index in [1.807, 2.05) is 12.1 Å². The molecule has 0 radical (unpaired) electrons. The van der Waals surface area contributed by atoms with Crippen molar-refractivity contribution in [3.05, 3.63) is 69.2 Å². The zero-order valence-electron chi connectivity index (χ0n) is 20.0. The van der Waals surface area contributed by atoms with Gasteiger partial charge in [-0.2, -0.15) is 0 Å². The van der Waals surface area contributed by atoms with Crippen molar-refractivity contribution in [2.75, 3.05) is 12.4 Å². The SMILES string of the molecule is COc1cc(-c2ccc3c(c2NC(=O)[N-]S(=O)(=O)c2cnc(=O)n(C(C)C)c2)CCC3)ccn1.[Na+]. The summed E-state index contributed by atoms with van der Waals surface area (Å²) in [7, 11) is -2.88. The maximum Gasteiger partial charge on any atom is 1.00 e. The first-order chi connectivity index (χ1) is 16.2. The molecule has 12 heteroatoms. The summed E-state index contributed by atoms with van der Waals surface area (Å²) >= 11 is 0. The Bertz CT molecular complexity index is 1420. The van der Waals surface area contributed by atoms with Crippen LogP contribution in [0.3, 0.4) is 0 Å². The molecule has 35 heavy (non-hydrogen) atoms. The molecular formula is C23H24N5NaO5S. The molecule has 2 heterocycles. The van der Waals surface area contributed by atoms with Crippen LogP contribution < -0.4 is 45.3 Å². The van der Waals surface area contributed by atoms with Crippen molar-refractivity contribution in [3.63, 3.8) is 0 Å². The van der Waals surface area contributed by atoms with Crippen LogP contribution in [0.25, 0.3) is 15.8 Å². The van der Waals surface area contributed by atoms with Gasteiger partial charge in [-0.3, -0.25) is 9.36 Å². The van der Waals surface area contributed by atoms with E-state index in [0.717, 1.165) is 48.3 Å². The van der Waals surface area contributed by atoms with Crippen molar-refractivity contribution in [1.82, 2.24) is 14.5 Å². The second-order valence-corrected chi connectivity index (χ2v) is 9.74. The Balaban J connectivity index is 0.00000342. The minimum Gasteiger partial charge on any atom is -0.481 e. The predicted octanol–water partition coefficient (Wildman–Crippen LogP) is 0.682. The van der Waals surface area contributed by atoms with E-state index < -0.39 is 21.7 Å². The fourth-order valence-corrected chi connectivity index (χ4v) is 4.75. The van der Waals surface area contributed by atoms with Crippen molar-refractivity contribution in [1.29, 1.82) is 0 Å². The normalized spacial score (nSPS) is 12.6. The second kappa shape index (κ2) is 10.9. The number of hydrogen-bond donors (Lipinski definition) is 1. The van der Waals surface area contributed by atoms with Crippen molar-refractivity contribution in [2.45, 2.75) is 44.0 Å². The summed E-state index contributed by atoms with van der Waals surface area (Å²) in [5.74, 6) is 0.412. The summed E-state index contributed by atoms with van der Waals surface area (Å²) in [6.45, 7) is 3.43. The largest absolute Gasteiger partial charge is 1.00 e. The molecule has 1 N–H and O–H groups in total. The third-order valence-corrected chi connectivity index (χ3v) is 6.83. The molecule has 0 aliphatic heterocycles. The number of sulfonamides is 1. The number of ether oxygens (including phenoxy) is 1. The summed E-state index contributed by atoms with van der Waals surface area (Å²) in [4.78, 5) is 32.0. The summed E-state index contributed by atoms with van der Waals surface area (Å²) in [6, 6.07) is 6.06. The summed E-state index contributed by atoms with van der Waals surface area (Å²) in [5, 5.41) is 2.69. The van der Waals surface area contributed by atoms with Gasteiger partial charge in [0.1, 0.15) is 4.90 Å². The molecule has 10 nitrogen and oxygen atoms in total. The first kappa shape index (κ1) is 26.9. The Morgan fingerprint density at radius 1 is 1.20 bits per heavy atom. The minimum atomic E-state index is -4.39. The molecule has 4 rings (SSSR count). The van der Waals surface area contributed by atoms with Gasteiger partial charge in [0.2, 0.25) is 15.9 Å². The number of fused-ring (bicyclic) bond motifs is 1. The van der Waals surface area contributed by atoms with E-state index >= 15 is 0 Å². The monoisotopic (exact) mass is 505 g/mol. The Morgan fingerprint density at radius 2 is 1.97 bits per heavy atom.